The minimum absolute atomic E-state index is 0.0192. The smallest absolute Gasteiger partial charge is 0.238 e. The van der Waals surface area contributed by atoms with E-state index in [1.54, 1.807) is 0 Å². The molecule has 0 spiro atoms. The standard InChI is InChI=1S/C20H23NO2/c1-9-10(2)12(4)18(13(5)11(9)3)21-19(22)16-14-6-7-15(8-14)17(16)20(21)23/h6-7,14-17H,8H2,1-5H3/t14?,15?,16-,17+. The van der Waals surface area contributed by atoms with Crippen molar-refractivity contribution in [2.24, 2.45) is 23.7 Å². The average molecular weight is 309 g/mol. The van der Waals surface area contributed by atoms with Gasteiger partial charge in [0, 0.05) is 0 Å². The quantitative estimate of drug-likeness (QED) is 0.588. The third kappa shape index (κ3) is 1.65. The number of anilines is 1. The number of allylic oxidation sites excluding steroid dienone is 2. The Morgan fingerprint density at radius 2 is 1.13 bits per heavy atom. The molecule has 3 heteroatoms. The van der Waals surface area contributed by atoms with Gasteiger partial charge in [0.05, 0.1) is 17.5 Å². The van der Waals surface area contributed by atoms with E-state index in [4.69, 9.17) is 0 Å². The predicted molar refractivity (Wildman–Crippen MR) is 90.3 cm³/mol. The number of carbonyl (C=O) groups excluding carboxylic acids is 2. The van der Waals surface area contributed by atoms with E-state index >= 15 is 0 Å². The molecule has 1 aliphatic heterocycles. The fraction of sp³-hybridized carbons (Fsp3) is 0.500. The molecule has 2 amide bonds. The highest BCUT2D eigenvalue weighted by atomic mass is 16.2. The maximum Gasteiger partial charge on any atom is 0.238 e. The van der Waals surface area contributed by atoms with Gasteiger partial charge in [-0.3, -0.25) is 9.59 Å². The number of hydrogen-bond donors (Lipinski definition) is 0. The van der Waals surface area contributed by atoms with Crippen LogP contribution in [0.3, 0.4) is 0 Å². The maximum absolute atomic E-state index is 13.1. The van der Waals surface area contributed by atoms with E-state index < -0.39 is 0 Å². The van der Waals surface area contributed by atoms with Crippen LogP contribution in [0.25, 0.3) is 0 Å². The zero-order valence-corrected chi connectivity index (χ0v) is 14.4. The van der Waals surface area contributed by atoms with Gasteiger partial charge in [0.2, 0.25) is 11.8 Å². The van der Waals surface area contributed by atoms with Gasteiger partial charge < -0.3 is 0 Å². The van der Waals surface area contributed by atoms with Crippen molar-refractivity contribution in [3.05, 3.63) is 40.0 Å². The number of carbonyl (C=O) groups is 2. The van der Waals surface area contributed by atoms with E-state index in [1.165, 1.54) is 21.6 Å². The number of amides is 2. The van der Waals surface area contributed by atoms with Crippen molar-refractivity contribution in [2.75, 3.05) is 4.90 Å². The Bertz CT molecular complexity index is 730. The molecule has 0 radical (unpaired) electrons. The minimum atomic E-state index is -0.127. The molecule has 1 saturated heterocycles. The van der Waals surface area contributed by atoms with Crippen molar-refractivity contribution in [2.45, 2.75) is 41.0 Å². The predicted octanol–water partition coefficient (Wildman–Crippen LogP) is 3.54. The molecular weight excluding hydrogens is 286 g/mol. The molecule has 1 saturated carbocycles. The molecule has 2 fully saturated rings. The molecule has 23 heavy (non-hydrogen) atoms. The van der Waals surface area contributed by atoms with Gasteiger partial charge >= 0.3 is 0 Å². The second kappa shape index (κ2) is 4.56. The second-order valence-electron chi connectivity index (χ2n) is 7.49. The van der Waals surface area contributed by atoms with Gasteiger partial charge in [0.25, 0.3) is 0 Å². The highest BCUT2D eigenvalue weighted by Crippen LogP contribution is 2.54. The molecule has 1 aromatic rings. The summed E-state index contributed by atoms with van der Waals surface area (Å²) in [6.45, 7) is 10.3. The van der Waals surface area contributed by atoms with Gasteiger partial charge in [-0.05, 0) is 80.7 Å². The molecule has 3 aliphatic rings. The second-order valence-corrected chi connectivity index (χ2v) is 7.49. The SMILES string of the molecule is Cc1c(C)c(C)c(N2C(=O)[C@@H]3C4C=CC(C4)[C@@H]3C2=O)c(C)c1C. The maximum atomic E-state index is 13.1. The summed E-state index contributed by atoms with van der Waals surface area (Å²) < 4.78 is 0. The highest BCUT2D eigenvalue weighted by Gasteiger charge is 2.59. The summed E-state index contributed by atoms with van der Waals surface area (Å²) in [5, 5.41) is 0. The van der Waals surface area contributed by atoms with Crippen LogP contribution in [0.4, 0.5) is 5.69 Å². The lowest BCUT2D eigenvalue weighted by Gasteiger charge is -2.25. The summed E-state index contributed by atoms with van der Waals surface area (Å²) in [5.74, 6) is 0.312. The van der Waals surface area contributed by atoms with Crippen molar-refractivity contribution >= 4 is 17.5 Å². The average Bonchev–Trinajstić information content (AvgIpc) is 3.20. The summed E-state index contributed by atoms with van der Waals surface area (Å²) in [6, 6.07) is 0. The van der Waals surface area contributed by atoms with Crippen molar-refractivity contribution in [3.63, 3.8) is 0 Å². The van der Waals surface area contributed by atoms with E-state index in [9.17, 15) is 9.59 Å². The van der Waals surface area contributed by atoms with E-state index in [1.807, 2.05) is 13.8 Å². The molecule has 4 atom stereocenters. The van der Waals surface area contributed by atoms with Crippen LogP contribution in [-0.2, 0) is 9.59 Å². The van der Waals surface area contributed by atoms with Gasteiger partial charge in [0.1, 0.15) is 0 Å². The Balaban J connectivity index is 1.88. The van der Waals surface area contributed by atoms with Crippen LogP contribution in [0.2, 0.25) is 0 Å². The first kappa shape index (κ1) is 14.7. The van der Waals surface area contributed by atoms with E-state index in [0.29, 0.717) is 0 Å². The first-order chi connectivity index (χ1) is 10.8. The van der Waals surface area contributed by atoms with Crippen molar-refractivity contribution in [1.82, 2.24) is 0 Å². The number of nitrogens with zero attached hydrogens (tertiary/aromatic N) is 1. The summed E-state index contributed by atoms with van der Waals surface area (Å²) in [6.07, 6.45) is 5.27. The Morgan fingerprint density at radius 3 is 1.57 bits per heavy atom. The third-order valence-electron chi connectivity index (χ3n) is 6.65. The molecular formula is C20H23NO2. The number of hydrogen-bond acceptors (Lipinski definition) is 2. The van der Waals surface area contributed by atoms with Crippen LogP contribution in [0.15, 0.2) is 12.2 Å². The molecule has 1 aromatic carbocycles. The third-order valence-corrected chi connectivity index (χ3v) is 6.65. The van der Waals surface area contributed by atoms with Gasteiger partial charge in [-0.15, -0.1) is 0 Å². The molecule has 1 heterocycles. The summed E-state index contributed by atoms with van der Waals surface area (Å²) in [7, 11) is 0. The van der Waals surface area contributed by atoms with Crippen LogP contribution in [-0.4, -0.2) is 11.8 Å². The van der Waals surface area contributed by atoms with Crippen molar-refractivity contribution in [1.29, 1.82) is 0 Å². The van der Waals surface area contributed by atoms with Crippen LogP contribution in [0.1, 0.15) is 34.2 Å². The van der Waals surface area contributed by atoms with Crippen LogP contribution < -0.4 is 4.90 Å². The number of benzene rings is 1. The molecule has 120 valence electrons. The fourth-order valence-electron chi connectivity index (χ4n) is 4.94. The molecule has 4 rings (SSSR count). The monoisotopic (exact) mass is 309 g/mol. The number of fused-ring (bicyclic) bond motifs is 5. The largest absolute Gasteiger partial charge is 0.274 e. The normalized spacial score (nSPS) is 31.4. The molecule has 3 nitrogen and oxygen atoms in total. The molecule has 2 bridgehead atoms. The molecule has 0 N–H and O–H groups in total. The lowest BCUT2D eigenvalue weighted by Crippen LogP contribution is -2.34. The Hall–Kier alpha value is -1.90. The van der Waals surface area contributed by atoms with Gasteiger partial charge in [0.15, 0.2) is 0 Å². The Labute approximate surface area is 137 Å². The zero-order valence-electron chi connectivity index (χ0n) is 14.4. The zero-order chi connectivity index (χ0) is 16.6. The molecule has 2 aliphatic carbocycles. The summed E-state index contributed by atoms with van der Waals surface area (Å²) >= 11 is 0. The van der Waals surface area contributed by atoms with Crippen molar-refractivity contribution < 1.29 is 9.59 Å². The molecule has 0 aromatic heterocycles. The number of rotatable bonds is 1. The van der Waals surface area contributed by atoms with Gasteiger partial charge in [-0.25, -0.2) is 4.90 Å². The summed E-state index contributed by atoms with van der Waals surface area (Å²) in [4.78, 5) is 27.7. The van der Waals surface area contributed by atoms with Crippen LogP contribution in [0.5, 0.6) is 0 Å². The van der Waals surface area contributed by atoms with Crippen LogP contribution >= 0.6 is 0 Å². The van der Waals surface area contributed by atoms with E-state index in [-0.39, 0.29) is 35.5 Å². The van der Waals surface area contributed by atoms with Crippen molar-refractivity contribution in [3.8, 4) is 0 Å². The highest BCUT2D eigenvalue weighted by molar-refractivity contribution is 6.23. The van der Waals surface area contributed by atoms with E-state index in [0.717, 1.165) is 23.2 Å². The lowest BCUT2D eigenvalue weighted by atomic mass is 9.85. The Kier molecular flexibility index (Phi) is 2.91. The first-order valence-corrected chi connectivity index (χ1v) is 8.47. The Morgan fingerprint density at radius 1 is 0.739 bits per heavy atom. The minimum Gasteiger partial charge on any atom is -0.274 e. The number of imide groups is 1. The molecule has 2 unspecified atom stereocenters. The van der Waals surface area contributed by atoms with Crippen LogP contribution in [0, 0.1) is 58.3 Å². The summed E-state index contributed by atoms with van der Waals surface area (Å²) in [5.41, 5.74) is 6.59. The topological polar surface area (TPSA) is 37.4 Å². The van der Waals surface area contributed by atoms with Gasteiger partial charge in [-0.2, -0.15) is 0 Å². The fourth-order valence-corrected chi connectivity index (χ4v) is 4.94. The van der Waals surface area contributed by atoms with E-state index in [2.05, 4.69) is 32.9 Å². The first-order valence-electron chi connectivity index (χ1n) is 8.47. The lowest BCUT2D eigenvalue weighted by molar-refractivity contribution is -0.123. The van der Waals surface area contributed by atoms with Gasteiger partial charge in [-0.1, -0.05) is 12.2 Å².